The molecule has 1 amide bonds. The van der Waals surface area contributed by atoms with Gasteiger partial charge in [-0.15, -0.1) is 0 Å². The van der Waals surface area contributed by atoms with Crippen LogP contribution in [0.15, 0.2) is 72.3 Å². The number of aryl methyl sites for hydroxylation is 1. The van der Waals surface area contributed by atoms with Gasteiger partial charge in [-0.3, -0.25) is 14.5 Å². The van der Waals surface area contributed by atoms with E-state index in [1.54, 1.807) is 25.3 Å². The van der Waals surface area contributed by atoms with Crippen LogP contribution in [0.25, 0.3) is 16.0 Å². The van der Waals surface area contributed by atoms with E-state index in [2.05, 4.69) is 4.98 Å². The van der Waals surface area contributed by atoms with Crippen molar-refractivity contribution in [2.45, 2.75) is 13.0 Å². The van der Waals surface area contributed by atoms with Crippen LogP contribution in [0.2, 0.25) is 0 Å². The number of nitrogens with zero attached hydrogens (tertiary/aromatic N) is 3. The number of amides is 1. The first-order valence-corrected chi connectivity index (χ1v) is 12.2. The Balaban J connectivity index is 1.71. The molecular formula is C28H25N3O4S. The lowest BCUT2D eigenvalue weighted by molar-refractivity contribution is -0.132. The Morgan fingerprint density at radius 3 is 2.42 bits per heavy atom. The quantitative estimate of drug-likeness (QED) is 0.228. The number of hydrogen-bond donors (Lipinski definition) is 1. The highest BCUT2D eigenvalue weighted by Gasteiger charge is 2.48. The number of thiazole rings is 1. The summed E-state index contributed by atoms with van der Waals surface area (Å²) in [6.07, 6.45) is 0. The fraction of sp³-hybridized carbons (Fsp3) is 0.179. The largest absolute Gasteiger partial charge is 0.507 e. The molecule has 3 aromatic carbocycles. The molecule has 1 saturated heterocycles. The van der Waals surface area contributed by atoms with Crippen molar-refractivity contribution in [1.29, 1.82) is 0 Å². The van der Waals surface area contributed by atoms with E-state index in [-0.39, 0.29) is 11.3 Å². The molecule has 7 nitrogen and oxygen atoms in total. The monoisotopic (exact) mass is 499 g/mol. The van der Waals surface area contributed by atoms with Crippen molar-refractivity contribution in [1.82, 2.24) is 4.98 Å². The van der Waals surface area contributed by atoms with Gasteiger partial charge in [0.1, 0.15) is 11.5 Å². The summed E-state index contributed by atoms with van der Waals surface area (Å²) >= 11 is 1.34. The van der Waals surface area contributed by atoms with Crippen molar-refractivity contribution in [3.05, 3.63) is 89.0 Å². The van der Waals surface area contributed by atoms with E-state index in [0.29, 0.717) is 22.0 Å². The second kappa shape index (κ2) is 9.13. The molecule has 1 aliphatic rings. The fourth-order valence-electron chi connectivity index (χ4n) is 4.44. The molecule has 0 bridgehead atoms. The van der Waals surface area contributed by atoms with E-state index in [4.69, 9.17) is 4.74 Å². The summed E-state index contributed by atoms with van der Waals surface area (Å²) in [6, 6.07) is 19.5. The molecule has 1 unspecified atom stereocenters. The molecule has 0 radical (unpaired) electrons. The molecule has 0 aliphatic carbocycles. The van der Waals surface area contributed by atoms with E-state index >= 15 is 0 Å². The average molecular weight is 500 g/mol. The third-order valence-electron chi connectivity index (χ3n) is 6.33. The zero-order valence-corrected chi connectivity index (χ0v) is 21.2. The number of para-hydroxylation sites is 1. The minimum absolute atomic E-state index is 0.0291. The maximum Gasteiger partial charge on any atom is 0.301 e. The van der Waals surface area contributed by atoms with Crippen LogP contribution in [0.3, 0.4) is 0 Å². The van der Waals surface area contributed by atoms with Crippen LogP contribution in [0, 0.1) is 6.92 Å². The number of ketones is 1. The third kappa shape index (κ3) is 3.89. The highest BCUT2D eigenvalue weighted by Crippen LogP contribution is 2.44. The number of hydrogen-bond acceptors (Lipinski definition) is 7. The van der Waals surface area contributed by atoms with Crippen LogP contribution in [0.4, 0.5) is 10.8 Å². The summed E-state index contributed by atoms with van der Waals surface area (Å²) in [7, 11) is 5.45. The molecule has 182 valence electrons. The van der Waals surface area contributed by atoms with Crippen molar-refractivity contribution in [3.8, 4) is 5.75 Å². The summed E-state index contributed by atoms with van der Waals surface area (Å²) in [6.45, 7) is 1.85. The van der Waals surface area contributed by atoms with Crippen LogP contribution < -0.4 is 14.5 Å². The van der Waals surface area contributed by atoms with Crippen molar-refractivity contribution >= 4 is 49.8 Å². The fourth-order valence-corrected chi connectivity index (χ4v) is 5.44. The maximum absolute atomic E-state index is 13.4. The van der Waals surface area contributed by atoms with Gasteiger partial charge in [0, 0.05) is 25.3 Å². The summed E-state index contributed by atoms with van der Waals surface area (Å²) in [5.41, 5.74) is 3.68. The van der Waals surface area contributed by atoms with Gasteiger partial charge >= 0.3 is 5.91 Å². The first-order chi connectivity index (χ1) is 17.3. The number of rotatable bonds is 5. The zero-order valence-electron chi connectivity index (χ0n) is 20.4. The predicted octanol–water partition coefficient (Wildman–Crippen LogP) is 5.31. The van der Waals surface area contributed by atoms with Crippen molar-refractivity contribution in [3.63, 3.8) is 0 Å². The van der Waals surface area contributed by atoms with Crippen LogP contribution in [0.1, 0.15) is 22.7 Å². The second-order valence-corrected chi connectivity index (χ2v) is 9.81. The molecular weight excluding hydrogens is 474 g/mol. The predicted molar refractivity (Wildman–Crippen MR) is 143 cm³/mol. The number of ether oxygens (including phenoxy) is 1. The molecule has 1 N–H and O–H groups in total. The highest BCUT2D eigenvalue weighted by atomic mass is 32.1. The van der Waals surface area contributed by atoms with Gasteiger partial charge in [0.25, 0.3) is 5.78 Å². The number of carbonyl (C=O) groups is 2. The van der Waals surface area contributed by atoms with Crippen LogP contribution in [-0.2, 0) is 9.59 Å². The summed E-state index contributed by atoms with van der Waals surface area (Å²) in [5.74, 6) is -1.04. The first-order valence-electron chi connectivity index (χ1n) is 11.4. The molecule has 5 rings (SSSR count). The van der Waals surface area contributed by atoms with Crippen LogP contribution in [0.5, 0.6) is 5.75 Å². The van der Waals surface area contributed by atoms with E-state index in [0.717, 1.165) is 21.5 Å². The van der Waals surface area contributed by atoms with Gasteiger partial charge in [-0.25, -0.2) is 4.98 Å². The number of carbonyl (C=O) groups excluding carboxylic acids is 2. The Hall–Kier alpha value is -4.17. The first kappa shape index (κ1) is 23.6. The van der Waals surface area contributed by atoms with E-state index in [1.807, 2.05) is 74.4 Å². The normalized spacial score (nSPS) is 17.1. The second-order valence-electron chi connectivity index (χ2n) is 8.80. The SMILES string of the molecule is COc1ccc(/C(O)=C2\C(=O)C(=O)N(c3nc4ccccc4s3)C2c2ccc(N(C)C)cc2)cc1C. The Morgan fingerprint density at radius 2 is 1.78 bits per heavy atom. The van der Waals surface area contributed by atoms with E-state index in [9.17, 15) is 14.7 Å². The van der Waals surface area contributed by atoms with Gasteiger partial charge in [0.2, 0.25) is 0 Å². The minimum Gasteiger partial charge on any atom is -0.507 e. The maximum atomic E-state index is 13.4. The Labute approximate surface area is 212 Å². The van der Waals surface area contributed by atoms with Gasteiger partial charge in [-0.05, 0) is 60.5 Å². The highest BCUT2D eigenvalue weighted by molar-refractivity contribution is 7.22. The molecule has 1 atom stereocenters. The topological polar surface area (TPSA) is 83.0 Å². The molecule has 1 fully saturated rings. The third-order valence-corrected chi connectivity index (χ3v) is 7.36. The lowest BCUT2D eigenvalue weighted by Crippen LogP contribution is -2.29. The number of Topliss-reactive ketones (excluding diaryl/α,β-unsaturated/α-hetero) is 1. The number of anilines is 2. The zero-order chi connectivity index (χ0) is 25.6. The van der Waals surface area contributed by atoms with Gasteiger partial charge < -0.3 is 14.7 Å². The Morgan fingerprint density at radius 1 is 1.06 bits per heavy atom. The molecule has 36 heavy (non-hydrogen) atoms. The van der Waals surface area contributed by atoms with Crippen LogP contribution in [-0.4, -0.2) is 43.0 Å². The number of aromatic nitrogens is 1. The molecule has 4 aromatic rings. The van der Waals surface area contributed by atoms with E-state index < -0.39 is 17.7 Å². The number of benzene rings is 3. The molecule has 1 aliphatic heterocycles. The lowest BCUT2D eigenvalue weighted by atomic mass is 9.94. The Kier molecular flexibility index (Phi) is 5.97. The number of aliphatic hydroxyl groups excluding tert-OH is 1. The lowest BCUT2D eigenvalue weighted by Gasteiger charge is -2.23. The standard InChI is InChI=1S/C28H25N3O4S/c1-16-15-18(11-14-21(16)35-4)25(32)23-24(17-9-12-19(13-10-17)30(2)3)31(27(34)26(23)33)28-29-20-7-5-6-8-22(20)36-28/h5-15,24,32H,1-4H3/b25-23+. The number of methoxy groups -OCH3 is 1. The number of fused-ring (bicyclic) bond motifs is 1. The van der Waals surface area contributed by atoms with Gasteiger partial charge in [-0.2, -0.15) is 0 Å². The summed E-state index contributed by atoms with van der Waals surface area (Å²) < 4.78 is 6.23. The minimum atomic E-state index is -0.829. The molecule has 1 aromatic heterocycles. The molecule has 2 heterocycles. The van der Waals surface area contributed by atoms with Crippen molar-refractivity contribution in [2.75, 3.05) is 31.0 Å². The van der Waals surface area contributed by atoms with Gasteiger partial charge in [0.05, 0.1) is 28.9 Å². The van der Waals surface area contributed by atoms with Crippen molar-refractivity contribution in [2.24, 2.45) is 0 Å². The van der Waals surface area contributed by atoms with Gasteiger partial charge in [0.15, 0.2) is 5.13 Å². The average Bonchev–Trinajstić information content (AvgIpc) is 3.42. The summed E-state index contributed by atoms with van der Waals surface area (Å²) in [5, 5.41) is 11.8. The summed E-state index contributed by atoms with van der Waals surface area (Å²) in [4.78, 5) is 34.9. The molecule has 8 heteroatoms. The molecule has 0 spiro atoms. The van der Waals surface area contributed by atoms with E-state index in [1.165, 1.54) is 16.2 Å². The number of aliphatic hydroxyl groups is 1. The smallest absolute Gasteiger partial charge is 0.301 e. The Bertz CT molecular complexity index is 1490. The van der Waals surface area contributed by atoms with Crippen LogP contribution >= 0.6 is 11.3 Å². The van der Waals surface area contributed by atoms with Crippen molar-refractivity contribution < 1.29 is 19.4 Å². The van der Waals surface area contributed by atoms with Gasteiger partial charge in [-0.1, -0.05) is 35.6 Å². The molecule has 0 saturated carbocycles.